The van der Waals surface area contributed by atoms with Crippen molar-refractivity contribution < 1.29 is 4.74 Å². The zero-order valence-electron chi connectivity index (χ0n) is 11.9. The van der Waals surface area contributed by atoms with Crippen LogP contribution in [0, 0.1) is 11.3 Å². The van der Waals surface area contributed by atoms with Gasteiger partial charge < -0.3 is 4.74 Å². The van der Waals surface area contributed by atoms with E-state index in [0.717, 1.165) is 35.4 Å². The predicted molar refractivity (Wildman–Crippen MR) is 90.6 cm³/mol. The van der Waals surface area contributed by atoms with Crippen molar-refractivity contribution in [2.75, 3.05) is 17.3 Å². The summed E-state index contributed by atoms with van der Waals surface area (Å²) in [6.45, 7) is 5.38. The van der Waals surface area contributed by atoms with Crippen molar-refractivity contribution in [3.8, 4) is 5.75 Å². The van der Waals surface area contributed by atoms with Crippen LogP contribution in [-0.2, 0) is 0 Å². The summed E-state index contributed by atoms with van der Waals surface area (Å²) in [7, 11) is 0. The van der Waals surface area contributed by atoms with E-state index < -0.39 is 0 Å². The Kier molecular flexibility index (Phi) is 8.08. The van der Waals surface area contributed by atoms with Crippen molar-refractivity contribution in [2.24, 2.45) is 11.3 Å². The molecule has 0 N–H and O–H groups in total. The Morgan fingerprint density at radius 2 is 1.74 bits per heavy atom. The third-order valence-electron chi connectivity index (χ3n) is 3.27. The summed E-state index contributed by atoms with van der Waals surface area (Å²) in [5, 5.41) is 2.10. The molecule has 0 amide bonds. The topological polar surface area (TPSA) is 9.23 Å². The zero-order chi connectivity index (χ0) is 14.1. The van der Waals surface area contributed by atoms with Crippen molar-refractivity contribution in [1.82, 2.24) is 0 Å². The van der Waals surface area contributed by atoms with Gasteiger partial charge in [0.25, 0.3) is 0 Å². The van der Waals surface area contributed by atoms with E-state index in [0.29, 0.717) is 5.41 Å². The van der Waals surface area contributed by atoms with Gasteiger partial charge in [0.05, 0.1) is 6.61 Å². The molecule has 0 aliphatic heterocycles. The Labute approximate surface area is 134 Å². The van der Waals surface area contributed by atoms with E-state index in [4.69, 9.17) is 4.74 Å². The molecule has 0 saturated carbocycles. The van der Waals surface area contributed by atoms with E-state index in [1.165, 1.54) is 12.8 Å². The summed E-state index contributed by atoms with van der Waals surface area (Å²) in [5.74, 6) is 1.69. The lowest BCUT2D eigenvalue weighted by Gasteiger charge is -2.32. The van der Waals surface area contributed by atoms with Crippen molar-refractivity contribution in [3.05, 3.63) is 30.3 Å². The van der Waals surface area contributed by atoms with E-state index >= 15 is 0 Å². The van der Waals surface area contributed by atoms with Gasteiger partial charge in [-0.25, -0.2) is 0 Å². The average Bonchev–Trinajstić information content (AvgIpc) is 2.43. The average molecular weight is 392 g/mol. The molecule has 0 fully saturated rings. The fourth-order valence-corrected chi connectivity index (χ4v) is 4.35. The summed E-state index contributed by atoms with van der Waals surface area (Å²) >= 11 is 7.38. The molecule has 1 rings (SSSR count). The van der Waals surface area contributed by atoms with Crippen LogP contribution in [0.4, 0.5) is 0 Å². The fraction of sp³-hybridized carbons (Fsp3) is 0.625. The number of benzene rings is 1. The molecule has 3 heteroatoms. The Hall–Kier alpha value is -0.0200. The normalized spacial score (nSPS) is 11.8. The second-order valence-electron chi connectivity index (χ2n) is 5.63. The molecule has 0 bridgehead atoms. The van der Waals surface area contributed by atoms with E-state index in [1.54, 1.807) is 0 Å². The summed E-state index contributed by atoms with van der Waals surface area (Å²) in [6.07, 6.45) is 3.53. The minimum absolute atomic E-state index is 0.355. The summed E-state index contributed by atoms with van der Waals surface area (Å²) in [4.78, 5) is 0. The first-order chi connectivity index (χ1) is 9.12. The Morgan fingerprint density at radius 3 is 2.26 bits per heavy atom. The number of rotatable bonds is 9. The van der Waals surface area contributed by atoms with E-state index in [2.05, 4.69) is 45.7 Å². The first-order valence-electron chi connectivity index (χ1n) is 6.92. The van der Waals surface area contributed by atoms with Crippen LogP contribution in [0.5, 0.6) is 5.75 Å². The van der Waals surface area contributed by atoms with E-state index in [9.17, 15) is 0 Å². The molecule has 0 unspecified atom stereocenters. The lowest BCUT2D eigenvalue weighted by molar-refractivity contribution is 0.237. The molecule has 0 aliphatic carbocycles. The maximum absolute atomic E-state index is 5.76. The molecule has 1 aromatic rings. The molecule has 0 aromatic heterocycles. The summed E-state index contributed by atoms with van der Waals surface area (Å²) in [5.41, 5.74) is 0.355. The monoisotopic (exact) mass is 390 g/mol. The van der Waals surface area contributed by atoms with Crippen LogP contribution in [-0.4, -0.2) is 17.3 Å². The van der Waals surface area contributed by atoms with Crippen LogP contribution in [0.3, 0.4) is 0 Å². The standard InChI is InChI=1S/C16H24Br2O/c1-14(2)11-16(12-17,13-18)9-6-10-19-15-7-4-3-5-8-15/h3-5,7-8,14H,6,9-13H2,1-2H3. The van der Waals surface area contributed by atoms with Gasteiger partial charge in [0, 0.05) is 10.7 Å². The molecular formula is C16H24Br2O. The van der Waals surface area contributed by atoms with Gasteiger partial charge >= 0.3 is 0 Å². The third kappa shape index (κ3) is 6.31. The molecule has 0 saturated heterocycles. The number of hydrogen-bond donors (Lipinski definition) is 0. The molecule has 0 atom stereocenters. The van der Waals surface area contributed by atoms with Crippen LogP contribution in [0.25, 0.3) is 0 Å². The van der Waals surface area contributed by atoms with E-state index in [1.807, 2.05) is 30.3 Å². The number of ether oxygens (including phenoxy) is 1. The van der Waals surface area contributed by atoms with Crippen LogP contribution in [0.15, 0.2) is 30.3 Å². The third-order valence-corrected chi connectivity index (χ3v) is 5.65. The lowest BCUT2D eigenvalue weighted by atomic mass is 9.80. The number of para-hydroxylation sites is 1. The van der Waals surface area contributed by atoms with E-state index in [-0.39, 0.29) is 0 Å². The molecule has 0 heterocycles. The van der Waals surface area contributed by atoms with Crippen LogP contribution >= 0.6 is 31.9 Å². The van der Waals surface area contributed by atoms with Gasteiger partial charge in [0.15, 0.2) is 0 Å². The Bertz CT molecular complexity index is 334. The van der Waals surface area contributed by atoms with Crippen molar-refractivity contribution in [1.29, 1.82) is 0 Å². The van der Waals surface area contributed by atoms with Crippen molar-refractivity contribution in [2.45, 2.75) is 33.1 Å². The second-order valence-corrected chi connectivity index (χ2v) is 6.75. The van der Waals surface area contributed by atoms with Gasteiger partial charge in [-0.3, -0.25) is 0 Å². The molecule has 1 aromatic carbocycles. The highest BCUT2D eigenvalue weighted by Gasteiger charge is 2.28. The van der Waals surface area contributed by atoms with Crippen LogP contribution < -0.4 is 4.74 Å². The highest BCUT2D eigenvalue weighted by Crippen LogP contribution is 2.35. The minimum Gasteiger partial charge on any atom is -0.494 e. The van der Waals surface area contributed by atoms with Gasteiger partial charge in [0.2, 0.25) is 0 Å². The molecule has 0 radical (unpaired) electrons. The SMILES string of the molecule is CC(C)CC(CBr)(CBr)CCCOc1ccccc1. The minimum atomic E-state index is 0.355. The molecule has 1 nitrogen and oxygen atoms in total. The maximum atomic E-state index is 5.76. The fourth-order valence-electron chi connectivity index (χ4n) is 2.40. The first-order valence-corrected chi connectivity index (χ1v) is 9.16. The van der Waals surface area contributed by atoms with Gasteiger partial charge in [0.1, 0.15) is 5.75 Å². The van der Waals surface area contributed by atoms with Gasteiger partial charge in [-0.1, -0.05) is 63.9 Å². The highest BCUT2D eigenvalue weighted by atomic mass is 79.9. The molecule has 19 heavy (non-hydrogen) atoms. The predicted octanol–water partition coefficient (Wildman–Crippen LogP) is 5.67. The maximum Gasteiger partial charge on any atom is 0.119 e. The first kappa shape index (κ1) is 17.0. The van der Waals surface area contributed by atoms with Gasteiger partial charge in [-0.2, -0.15) is 0 Å². The van der Waals surface area contributed by atoms with Crippen LogP contribution in [0.2, 0.25) is 0 Å². The molecule has 0 aliphatic rings. The highest BCUT2D eigenvalue weighted by molar-refractivity contribution is 9.09. The number of halogens is 2. The quantitative estimate of drug-likeness (QED) is 0.389. The zero-order valence-corrected chi connectivity index (χ0v) is 15.0. The Morgan fingerprint density at radius 1 is 1.11 bits per heavy atom. The summed E-state index contributed by atoms with van der Waals surface area (Å²) < 4.78 is 5.76. The van der Waals surface area contributed by atoms with Gasteiger partial charge in [-0.15, -0.1) is 0 Å². The molecule has 108 valence electrons. The molecular weight excluding hydrogens is 368 g/mol. The largest absolute Gasteiger partial charge is 0.494 e. The van der Waals surface area contributed by atoms with Gasteiger partial charge in [-0.05, 0) is 42.7 Å². The lowest BCUT2D eigenvalue weighted by Crippen LogP contribution is -2.27. The summed E-state index contributed by atoms with van der Waals surface area (Å²) in [6, 6.07) is 10.0. The van der Waals surface area contributed by atoms with Crippen molar-refractivity contribution in [3.63, 3.8) is 0 Å². The Balaban J connectivity index is 2.36. The molecule has 0 spiro atoms. The number of hydrogen-bond acceptors (Lipinski definition) is 1. The smallest absolute Gasteiger partial charge is 0.119 e. The van der Waals surface area contributed by atoms with Crippen molar-refractivity contribution >= 4 is 31.9 Å². The second kappa shape index (κ2) is 9.02. The van der Waals surface area contributed by atoms with Crippen LogP contribution in [0.1, 0.15) is 33.1 Å². The number of alkyl halides is 2.